The Hall–Kier alpha value is -1.68. The Kier molecular flexibility index (Phi) is 8.53. The van der Waals surface area contributed by atoms with Crippen molar-refractivity contribution in [3.05, 3.63) is 36.8 Å². The molecule has 4 heteroatoms. The number of hydrogen-bond donors (Lipinski definition) is 1. The van der Waals surface area contributed by atoms with Crippen LogP contribution >= 0.6 is 0 Å². The van der Waals surface area contributed by atoms with Crippen molar-refractivity contribution in [1.82, 2.24) is 14.5 Å². The van der Waals surface area contributed by atoms with E-state index in [-0.39, 0.29) is 6.10 Å². The molecule has 0 bridgehead atoms. The first-order valence-corrected chi connectivity index (χ1v) is 9.42. The molecule has 0 radical (unpaired) electrons. The van der Waals surface area contributed by atoms with Crippen molar-refractivity contribution in [2.75, 3.05) is 0 Å². The molecule has 2 aromatic heterocycles. The average molecular weight is 329 g/mol. The Morgan fingerprint density at radius 1 is 0.958 bits per heavy atom. The minimum absolute atomic E-state index is 0.318. The highest BCUT2D eigenvalue weighted by atomic mass is 16.3. The first-order valence-electron chi connectivity index (χ1n) is 9.42. The number of aliphatic hydroxyl groups excluding tert-OH is 1. The minimum Gasteiger partial charge on any atom is -0.391 e. The highest BCUT2D eigenvalue weighted by molar-refractivity contribution is 5.48. The molecule has 132 valence electrons. The standard InChI is InChI=1S/C20H31N3O/c1-2-3-4-5-6-7-8-9-12-18(24)17-23-16-15-22-20(23)19-13-10-11-14-21-19/h10-11,13-16,18,24H,2-9,12,17H2,1H3. The second-order valence-electron chi connectivity index (χ2n) is 6.54. The molecule has 0 aliphatic heterocycles. The van der Waals surface area contributed by atoms with Gasteiger partial charge in [0.05, 0.1) is 12.6 Å². The fourth-order valence-corrected chi connectivity index (χ4v) is 3.02. The second-order valence-corrected chi connectivity index (χ2v) is 6.54. The van der Waals surface area contributed by atoms with Crippen molar-refractivity contribution in [2.45, 2.75) is 77.4 Å². The molecule has 0 spiro atoms. The maximum absolute atomic E-state index is 10.3. The van der Waals surface area contributed by atoms with E-state index in [0.29, 0.717) is 6.54 Å². The third-order valence-corrected chi connectivity index (χ3v) is 4.41. The Labute approximate surface area is 146 Å². The molecule has 0 aliphatic rings. The third-order valence-electron chi connectivity index (χ3n) is 4.41. The molecule has 1 N–H and O–H groups in total. The molecule has 1 unspecified atom stereocenters. The molecule has 0 aromatic carbocycles. The first kappa shape index (κ1) is 18.7. The van der Waals surface area contributed by atoms with Gasteiger partial charge in [-0.2, -0.15) is 0 Å². The van der Waals surface area contributed by atoms with Crippen LogP contribution in [-0.2, 0) is 6.54 Å². The lowest BCUT2D eigenvalue weighted by Crippen LogP contribution is -2.16. The maximum atomic E-state index is 10.3. The van der Waals surface area contributed by atoms with Gasteiger partial charge in [-0.3, -0.25) is 4.98 Å². The molecular formula is C20H31N3O. The minimum atomic E-state index is -0.318. The maximum Gasteiger partial charge on any atom is 0.158 e. The SMILES string of the molecule is CCCCCCCCCCC(O)Cn1ccnc1-c1ccccn1. The van der Waals surface area contributed by atoms with Crippen molar-refractivity contribution < 1.29 is 5.11 Å². The van der Waals surface area contributed by atoms with Gasteiger partial charge in [0.2, 0.25) is 0 Å². The van der Waals surface area contributed by atoms with E-state index < -0.39 is 0 Å². The summed E-state index contributed by atoms with van der Waals surface area (Å²) >= 11 is 0. The van der Waals surface area contributed by atoms with Crippen LogP contribution < -0.4 is 0 Å². The normalized spacial score (nSPS) is 12.4. The van der Waals surface area contributed by atoms with Crippen LogP contribution in [0.4, 0.5) is 0 Å². The zero-order valence-electron chi connectivity index (χ0n) is 14.9. The van der Waals surface area contributed by atoms with Gasteiger partial charge in [-0.25, -0.2) is 4.98 Å². The zero-order chi connectivity index (χ0) is 17.0. The van der Waals surface area contributed by atoms with Crippen LogP contribution in [0.5, 0.6) is 0 Å². The molecule has 4 nitrogen and oxygen atoms in total. The van der Waals surface area contributed by atoms with E-state index in [2.05, 4.69) is 16.9 Å². The molecule has 2 heterocycles. The van der Waals surface area contributed by atoms with Crippen LogP contribution in [0.1, 0.15) is 64.7 Å². The van der Waals surface area contributed by atoms with Crippen LogP contribution in [0.2, 0.25) is 0 Å². The van der Waals surface area contributed by atoms with Crippen LogP contribution in [0.25, 0.3) is 11.5 Å². The summed E-state index contributed by atoms with van der Waals surface area (Å²) in [6.45, 7) is 2.84. The van der Waals surface area contributed by atoms with E-state index in [1.807, 2.05) is 29.0 Å². The molecule has 1 atom stereocenters. The van der Waals surface area contributed by atoms with Gasteiger partial charge in [0, 0.05) is 18.6 Å². The lowest BCUT2D eigenvalue weighted by Gasteiger charge is -2.13. The molecule has 24 heavy (non-hydrogen) atoms. The quantitative estimate of drug-likeness (QED) is 0.567. The van der Waals surface area contributed by atoms with Crippen molar-refractivity contribution in [3.63, 3.8) is 0 Å². The van der Waals surface area contributed by atoms with Gasteiger partial charge in [0.15, 0.2) is 5.82 Å². The molecule has 2 aromatic rings. The topological polar surface area (TPSA) is 50.9 Å². The van der Waals surface area contributed by atoms with E-state index >= 15 is 0 Å². The zero-order valence-corrected chi connectivity index (χ0v) is 14.9. The van der Waals surface area contributed by atoms with Crippen LogP contribution in [0.3, 0.4) is 0 Å². The summed E-state index contributed by atoms with van der Waals surface area (Å²) in [5, 5.41) is 10.3. The number of rotatable bonds is 12. The van der Waals surface area contributed by atoms with E-state index in [1.165, 1.54) is 44.9 Å². The number of hydrogen-bond acceptors (Lipinski definition) is 3. The Balaban J connectivity index is 1.66. The van der Waals surface area contributed by atoms with Crippen molar-refractivity contribution in [3.8, 4) is 11.5 Å². The van der Waals surface area contributed by atoms with Crippen molar-refractivity contribution in [1.29, 1.82) is 0 Å². The molecule has 0 fully saturated rings. The first-order chi connectivity index (χ1) is 11.8. The van der Waals surface area contributed by atoms with Gasteiger partial charge in [0.25, 0.3) is 0 Å². The highest BCUT2D eigenvalue weighted by Crippen LogP contribution is 2.16. The predicted octanol–water partition coefficient (Wildman–Crippen LogP) is 4.84. The highest BCUT2D eigenvalue weighted by Gasteiger charge is 2.11. The summed E-state index contributed by atoms with van der Waals surface area (Å²) in [6, 6.07) is 5.80. The van der Waals surface area contributed by atoms with Gasteiger partial charge in [-0.05, 0) is 18.6 Å². The summed E-state index contributed by atoms with van der Waals surface area (Å²) in [7, 11) is 0. The summed E-state index contributed by atoms with van der Waals surface area (Å²) in [5.41, 5.74) is 0.849. The van der Waals surface area contributed by atoms with E-state index in [9.17, 15) is 5.11 Å². The van der Waals surface area contributed by atoms with Gasteiger partial charge in [0.1, 0.15) is 5.69 Å². The lowest BCUT2D eigenvalue weighted by molar-refractivity contribution is 0.141. The van der Waals surface area contributed by atoms with Crippen molar-refractivity contribution >= 4 is 0 Å². The lowest BCUT2D eigenvalue weighted by atomic mass is 10.1. The fraction of sp³-hybridized carbons (Fsp3) is 0.600. The number of unbranched alkanes of at least 4 members (excludes halogenated alkanes) is 7. The molecule has 0 aliphatic carbocycles. The summed E-state index contributed by atoms with van der Waals surface area (Å²) in [6.07, 6.45) is 16.3. The van der Waals surface area contributed by atoms with Crippen molar-refractivity contribution in [2.24, 2.45) is 0 Å². The molecule has 0 saturated heterocycles. The van der Waals surface area contributed by atoms with Crippen LogP contribution in [0.15, 0.2) is 36.8 Å². The Morgan fingerprint density at radius 3 is 2.42 bits per heavy atom. The Morgan fingerprint density at radius 2 is 1.71 bits per heavy atom. The molecular weight excluding hydrogens is 298 g/mol. The van der Waals surface area contributed by atoms with Gasteiger partial charge in [-0.1, -0.05) is 64.4 Å². The van der Waals surface area contributed by atoms with Gasteiger partial charge in [-0.15, -0.1) is 0 Å². The summed E-state index contributed by atoms with van der Waals surface area (Å²) < 4.78 is 2.00. The summed E-state index contributed by atoms with van der Waals surface area (Å²) in [4.78, 5) is 8.72. The van der Waals surface area contributed by atoms with Crippen LogP contribution in [0, 0.1) is 0 Å². The van der Waals surface area contributed by atoms with E-state index in [1.54, 1.807) is 12.4 Å². The fourth-order valence-electron chi connectivity index (χ4n) is 3.02. The Bertz CT molecular complexity index is 553. The molecule has 2 rings (SSSR count). The van der Waals surface area contributed by atoms with E-state index in [4.69, 9.17) is 0 Å². The number of imidazole rings is 1. The number of aliphatic hydroxyl groups is 1. The number of pyridine rings is 1. The number of aromatic nitrogens is 3. The molecule has 0 saturated carbocycles. The molecule has 0 amide bonds. The number of nitrogens with zero attached hydrogens (tertiary/aromatic N) is 3. The van der Waals surface area contributed by atoms with E-state index in [0.717, 1.165) is 24.4 Å². The van der Waals surface area contributed by atoms with Gasteiger partial charge < -0.3 is 9.67 Å². The largest absolute Gasteiger partial charge is 0.391 e. The monoisotopic (exact) mass is 329 g/mol. The predicted molar refractivity (Wildman–Crippen MR) is 98.7 cm³/mol. The second kappa shape index (κ2) is 11.0. The summed E-state index contributed by atoms with van der Waals surface area (Å²) in [5.74, 6) is 0.825. The smallest absolute Gasteiger partial charge is 0.158 e. The van der Waals surface area contributed by atoms with Crippen LogP contribution in [-0.4, -0.2) is 25.7 Å². The third kappa shape index (κ3) is 6.44. The van der Waals surface area contributed by atoms with Gasteiger partial charge >= 0.3 is 0 Å². The average Bonchev–Trinajstić information content (AvgIpc) is 3.06.